The summed E-state index contributed by atoms with van der Waals surface area (Å²) in [6, 6.07) is 14.4. The lowest BCUT2D eigenvalue weighted by molar-refractivity contribution is -0.274. The lowest BCUT2D eigenvalue weighted by Crippen LogP contribution is -2.28. The largest absolute Gasteiger partial charge is 0.573 e. The summed E-state index contributed by atoms with van der Waals surface area (Å²) in [7, 11) is 0. The Hall–Kier alpha value is -3.46. The molecule has 1 atom stereocenters. The van der Waals surface area contributed by atoms with Crippen molar-refractivity contribution in [1.29, 1.82) is 0 Å². The van der Waals surface area contributed by atoms with E-state index in [1.54, 1.807) is 35.0 Å². The molecule has 0 amide bonds. The number of ketones is 2. The monoisotopic (exact) mass is 470 g/mol. The quantitative estimate of drug-likeness (QED) is 0.359. The van der Waals surface area contributed by atoms with Gasteiger partial charge in [0.05, 0.1) is 28.4 Å². The zero-order chi connectivity index (χ0) is 23.2. The molecule has 0 aliphatic carbocycles. The van der Waals surface area contributed by atoms with Crippen molar-refractivity contribution in [3.63, 3.8) is 0 Å². The van der Waals surface area contributed by atoms with Crippen molar-refractivity contribution >= 4 is 33.1 Å². The Kier molecular flexibility index (Phi) is 5.28. The SMILES string of the molecule is O=C1CCC(C(=O)Cc2nc3ccc(-c4ccc(OC(F)(F)F)cc4)cc3s2)n2cccc21. The number of hydrogen-bond donors (Lipinski definition) is 0. The van der Waals surface area contributed by atoms with Crippen molar-refractivity contribution in [2.45, 2.75) is 31.7 Å². The standard InChI is InChI=1S/C24H17F3N2O3S/c25-24(26,27)32-16-6-3-14(4-7-16)15-5-8-17-22(12-15)33-23(28-17)13-21(31)19-9-10-20(30)18-2-1-11-29(18)19/h1-8,11-12,19H,9-10,13H2. The number of carbonyl (C=O) groups excluding carboxylic acids is 2. The molecular weight excluding hydrogens is 453 g/mol. The van der Waals surface area contributed by atoms with Gasteiger partial charge in [0.1, 0.15) is 10.8 Å². The highest BCUT2D eigenvalue weighted by Crippen LogP contribution is 2.32. The van der Waals surface area contributed by atoms with Gasteiger partial charge in [-0.05, 0) is 53.9 Å². The maximum atomic E-state index is 13.0. The summed E-state index contributed by atoms with van der Waals surface area (Å²) in [5, 5.41) is 0.687. The minimum absolute atomic E-state index is 0.0134. The number of aromatic nitrogens is 2. The second-order valence-electron chi connectivity index (χ2n) is 7.78. The zero-order valence-electron chi connectivity index (χ0n) is 17.1. The number of benzene rings is 2. The first-order chi connectivity index (χ1) is 15.8. The van der Waals surface area contributed by atoms with Crippen molar-refractivity contribution in [1.82, 2.24) is 9.55 Å². The predicted molar refractivity (Wildman–Crippen MR) is 117 cm³/mol. The van der Waals surface area contributed by atoms with Crippen LogP contribution in [0.5, 0.6) is 5.75 Å². The predicted octanol–water partition coefficient (Wildman–Crippen LogP) is 5.99. The number of nitrogens with zero attached hydrogens (tertiary/aromatic N) is 2. The lowest BCUT2D eigenvalue weighted by atomic mass is 9.97. The second kappa shape index (κ2) is 8.15. The van der Waals surface area contributed by atoms with Gasteiger partial charge in [0.25, 0.3) is 0 Å². The normalized spacial score (nSPS) is 16.1. The summed E-state index contributed by atoms with van der Waals surface area (Å²) in [5.74, 6) is -0.213. The Bertz CT molecular complexity index is 1360. The van der Waals surface area contributed by atoms with E-state index < -0.39 is 6.36 Å². The van der Waals surface area contributed by atoms with E-state index in [0.717, 1.165) is 21.3 Å². The molecule has 5 nitrogen and oxygen atoms in total. The fourth-order valence-electron chi connectivity index (χ4n) is 4.10. The number of carbonyl (C=O) groups is 2. The summed E-state index contributed by atoms with van der Waals surface area (Å²) in [6.45, 7) is 0. The summed E-state index contributed by atoms with van der Waals surface area (Å²) < 4.78 is 43.6. The molecule has 2 aromatic carbocycles. The van der Waals surface area contributed by atoms with Gasteiger partial charge >= 0.3 is 6.36 Å². The van der Waals surface area contributed by atoms with Gasteiger partial charge < -0.3 is 9.30 Å². The van der Waals surface area contributed by atoms with Gasteiger partial charge in [-0.3, -0.25) is 9.59 Å². The lowest BCUT2D eigenvalue weighted by Gasteiger charge is -2.24. The average molecular weight is 470 g/mol. The molecule has 0 spiro atoms. The van der Waals surface area contributed by atoms with Crippen molar-refractivity contribution in [2.24, 2.45) is 0 Å². The summed E-state index contributed by atoms with van der Waals surface area (Å²) in [5.41, 5.74) is 2.89. The van der Waals surface area contributed by atoms with E-state index >= 15 is 0 Å². The Balaban J connectivity index is 1.34. The number of rotatable bonds is 5. The van der Waals surface area contributed by atoms with Gasteiger partial charge in [-0.2, -0.15) is 0 Å². The first kappa shape index (κ1) is 21.4. The van der Waals surface area contributed by atoms with Gasteiger partial charge in [-0.25, -0.2) is 4.98 Å². The molecule has 0 radical (unpaired) electrons. The number of alkyl halides is 3. The fourth-order valence-corrected chi connectivity index (χ4v) is 5.11. The molecule has 5 rings (SSSR count). The van der Waals surface area contributed by atoms with Crippen LogP contribution < -0.4 is 4.74 Å². The van der Waals surface area contributed by atoms with Crippen LogP contribution in [0.4, 0.5) is 13.2 Å². The van der Waals surface area contributed by atoms with Crippen LogP contribution in [0.1, 0.15) is 34.4 Å². The first-order valence-corrected chi connectivity index (χ1v) is 11.1. The molecule has 9 heteroatoms. The fraction of sp³-hybridized carbons (Fsp3) is 0.208. The third kappa shape index (κ3) is 4.41. The Morgan fingerprint density at radius 1 is 1.12 bits per heavy atom. The number of ether oxygens (including phenoxy) is 1. The molecule has 2 aromatic heterocycles. The van der Waals surface area contributed by atoms with Crippen LogP contribution in [0.25, 0.3) is 21.3 Å². The topological polar surface area (TPSA) is 61.2 Å². The second-order valence-corrected chi connectivity index (χ2v) is 8.90. The van der Waals surface area contributed by atoms with Crippen LogP contribution in [0.15, 0.2) is 60.8 Å². The minimum Gasteiger partial charge on any atom is -0.406 e. The van der Waals surface area contributed by atoms with E-state index in [-0.39, 0.29) is 29.8 Å². The molecule has 168 valence electrons. The number of fused-ring (bicyclic) bond motifs is 2. The summed E-state index contributed by atoms with van der Waals surface area (Å²) in [4.78, 5) is 29.6. The smallest absolute Gasteiger partial charge is 0.406 e. The third-order valence-electron chi connectivity index (χ3n) is 5.60. The van der Waals surface area contributed by atoms with E-state index in [9.17, 15) is 22.8 Å². The first-order valence-electron chi connectivity index (χ1n) is 10.3. The molecule has 0 bridgehead atoms. The molecule has 4 aromatic rings. The molecule has 0 saturated heterocycles. The number of hydrogen-bond acceptors (Lipinski definition) is 5. The number of halogens is 3. The average Bonchev–Trinajstić information content (AvgIpc) is 3.40. The Morgan fingerprint density at radius 3 is 2.64 bits per heavy atom. The molecule has 1 aliphatic heterocycles. The summed E-state index contributed by atoms with van der Waals surface area (Å²) in [6.07, 6.45) is -1.94. The van der Waals surface area contributed by atoms with Crippen LogP contribution in [0.2, 0.25) is 0 Å². The molecule has 3 heterocycles. The molecule has 33 heavy (non-hydrogen) atoms. The number of thiazole rings is 1. The number of Topliss-reactive ketones (excluding diaryl/α,β-unsaturated/α-hetero) is 2. The molecule has 1 unspecified atom stereocenters. The van der Waals surface area contributed by atoms with Gasteiger partial charge in [0.2, 0.25) is 0 Å². The minimum atomic E-state index is -4.73. The van der Waals surface area contributed by atoms with Crippen LogP contribution in [0.3, 0.4) is 0 Å². The third-order valence-corrected chi connectivity index (χ3v) is 6.61. The molecule has 0 fully saturated rings. The van der Waals surface area contributed by atoms with Gasteiger partial charge in [0, 0.05) is 12.6 Å². The van der Waals surface area contributed by atoms with Gasteiger partial charge in [0.15, 0.2) is 11.6 Å². The van der Waals surface area contributed by atoms with E-state index in [0.29, 0.717) is 23.5 Å². The van der Waals surface area contributed by atoms with Crippen molar-refractivity contribution < 1.29 is 27.5 Å². The van der Waals surface area contributed by atoms with E-state index in [4.69, 9.17) is 0 Å². The highest BCUT2D eigenvalue weighted by Gasteiger charge is 2.31. The molecule has 1 aliphatic rings. The van der Waals surface area contributed by atoms with Crippen molar-refractivity contribution in [3.8, 4) is 16.9 Å². The van der Waals surface area contributed by atoms with Crippen LogP contribution in [0, 0.1) is 0 Å². The molecular formula is C24H17F3N2O3S. The maximum absolute atomic E-state index is 13.0. The highest BCUT2D eigenvalue weighted by molar-refractivity contribution is 7.18. The maximum Gasteiger partial charge on any atom is 0.573 e. The van der Waals surface area contributed by atoms with Gasteiger partial charge in [-0.1, -0.05) is 18.2 Å². The van der Waals surface area contributed by atoms with Crippen molar-refractivity contribution in [2.75, 3.05) is 0 Å². The van der Waals surface area contributed by atoms with E-state index in [1.165, 1.54) is 23.5 Å². The van der Waals surface area contributed by atoms with Gasteiger partial charge in [-0.15, -0.1) is 24.5 Å². The van der Waals surface area contributed by atoms with E-state index in [2.05, 4.69) is 9.72 Å². The Morgan fingerprint density at radius 2 is 1.88 bits per heavy atom. The van der Waals surface area contributed by atoms with Crippen LogP contribution in [-0.2, 0) is 11.2 Å². The molecule has 0 N–H and O–H groups in total. The van der Waals surface area contributed by atoms with E-state index in [1.807, 2.05) is 18.2 Å². The van der Waals surface area contributed by atoms with Crippen molar-refractivity contribution in [3.05, 3.63) is 71.5 Å². The zero-order valence-corrected chi connectivity index (χ0v) is 17.9. The van der Waals surface area contributed by atoms with Crippen LogP contribution >= 0.6 is 11.3 Å². The molecule has 0 saturated carbocycles. The highest BCUT2D eigenvalue weighted by atomic mass is 32.1. The van der Waals surface area contributed by atoms with Crippen LogP contribution in [-0.4, -0.2) is 27.5 Å². The summed E-state index contributed by atoms with van der Waals surface area (Å²) >= 11 is 1.41. The Labute approximate surface area is 190 Å².